The van der Waals surface area contributed by atoms with Gasteiger partial charge in [0.05, 0.1) is 11.0 Å². The Morgan fingerprint density at radius 2 is 1.34 bits per heavy atom. The van der Waals surface area contributed by atoms with Gasteiger partial charge in [0.15, 0.2) is 0 Å². The number of thioether (sulfide) groups is 1. The maximum absolute atomic E-state index is 6.14. The van der Waals surface area contributed by atoms with E-state index in [0.29, 0.717) is 0 Å². The molecule has 8 aromatic rings. The van der Waals surface area contributed by atoms with Gasteiger partial charge in [-0.15, -0.1) is 0 Å². The van der Waals surface area contributed by atoms with E-state index in [0.717, 1.165) is 11.2 Å². The van der Waals surface area contributed by atoms with Crippen molar-refractivity contribution in [1.29, 1.82) is 0 Å². The van der Waals surface area contributed by atoms with Gasteiger partial charge < -0.3 is 14.3 Å². The predicted molar refractivity (Wildman–Crippen MR) is 172 cm³/mol. The number of fused-ring (bicyclic) bond motifs is 8. The first-order valence-corrected chi connectivity index (χ1v) is 14.8. The number of anilines is 1. The number of hydrogen-bond acceptors (Lipinski definition) is 3. The second-order valence-corrected chi connectivity index (χ2v) is 11.7. The summed E-state index contributed by atoms with van der Waals surface area (Å²) in [5.41, 5.74) is 10.4. The van der Waals surface area contributed by atoms with Crippen LogP contribution >= 0.6 is 11.8 Å². The van der Waals surface area contributed by atoms with E-state index in [4.69, 9.17) is 4.42 Å². The number of aromatic nitrogens is 1. The fraction of sp³-hybridized carbons (Fsp3) is 0.0270. The van der Waals surface area contributed by atoms with Gasteiger partial charge in [0, 0.05) is 37.8 Å². The summed E-state index contributed by atoms with van der Waals surface area (Å²) >= 11 is 1.87. The van der Waals surface area contributed by atoms with Crippen molar-refractivity contribution in [2.24, 2.45) is 0 Å². The van der Waals surface area contributed by atoms with Crippen LogP contribution in [0.2, 0.25) is 0 Å². The van der Waals surface area contributed by atoms with Crippen molar-refractivity contribution in [2.75, 3.05) is 5.32 Å². The molecule has 1 atom stereocenters. The molecule has 0 saturated carbocycles. The van der Waals surface area contributed by atoms with Gasteiger partial charge in [-0.2, -0.15) is 0 Å². The summed E-state index contributed by atoms with van der Waals surface area (Å²) in [6.45, 7) is 0. The number of benzene rings is 6. The van der Waals surface area contributed by atoms with Crippen molar-refractivity contribution in [3.05, 3.63) is 139 Å². The summed E-state index contributed by atoms with van der Waals surface area (Å²) in [6.07, 6.45) is 0. The molecule has 0 spiro atoms. The molecule has 4 heteroatoms. The van der Waals surface area contributed by atoms with E-state index in [-0.39, 0.29) is 5.37 Å². The maximum atomic E-state index is 6.14. The van der Waals surface area contributed by atoms with Crippen molar-refractivity contribution < 1.29 is 4.42 Å². The highest BCUT2D eigenvalue weighted by atomic mass is 32.2. The average Bonchev–Trinajstić information content (AvgIpc) is 3.73. The van der Waals surface area contributed by atoms with Crippen molar-refractivity contribution in [3.63, 3.8) is 0 Å². The summed E-state index contributed by atoms with van der Waals surface area (Å²) in [7, 11) is 0. The molecule has 1 unspecified atom stereocenters. The van der Waals surface area contributed by atoms with Crippen LogP contribution in [0.4, 0.5) is 5.69 Å². The molecule has 2 aromatic heterocycles. The number of nitrogens with zero attached hydrogens (tertiary/aromatic N) is 1. The Bertz CT molecular complexity index is 2260. The van der Waals surface area contributed by atoms with Crippen LogP contribution in [-0.4, -0.2) is 4.57 Å². The van der Waals surface area contributed by atoms with Crippen LogP contribution in [0.15, 0.2) is 143 Å². The van der Waals surface area contributed by atoms with Gasteiger partial charge in [-0.05, 0) is 59.2 Å². The number of furan rings is 1. The van der Waals surface area contributed by atoms with Crippen LogP contribution in [-0.2, 0) is 0 Å². The Hall–Kier alpha value is -4.93. The largest absolute Gasteiger partial charge is 0.456 e. The zero-order valence-corrected chi connectivity index (χ0v) is 22.9. The summed E-state index contributed by atoms with van der Waals surface area (Å²) in [5, 5.41) is 8.83. The first kappa shape index (κ1) is 22.8. The Balaban J connectivity index is 1.12. The van der Waals surface area contributed by atoms with Gasteiger partial charge in [-0.25, -0.2) is 0 Å². The first-order chi connectivity index (χ1) is 20.3. The molecule has 0 bridgehead atoms. The molecule has 3 nitrogen and oxygen atoms in total. The average molecular weight is 545 g/mol. The number of nitrogens with one attached hydrogen (secondary N) is 1. The quantitative estimate of drug-likeness (QED) is 0.240. The van der Waals surface area contributed by atoms with Crippen LogP contribution in [0.1, 0.15) is 10.9 Å². The second kappa shape index (κ2) is 8.79. The second-order valence-electron chi connectivity index (χ2n) is 10.6. The molecule has 0 fully saturated rings. The summed E-state index contributed by atoms with van der Waals surface area (Å²) in [5.74, 6) is 0. The van der Waals surface area contributed by atoms with Crippen LogP contribution in [0.5, 0.6) is 0 Å². The smallest absolute Gasteiger partial charge is 0.136 e. The molecular formula is C37H24N2OS. The van der Waals surface area contributed by atoms with Crippen LogP contribution in [0, 0.1) is 0 Å². The van der Waals surface area contributed by atoms with Crippen LogP contribution < -0.4 is 5.32 Å². The highest BCUT2D eigenvalue weighted by Gasteiger charge is 2.27. The number of para-hydroxylation sites is 3. The number of rotatable bonds is 3. The minimum atomic E-state index is 0.147. The normalized spacial score (nSPS) is 14.7. The lowest BCUT2D eigenvalue weighted by Crippen LogP contribution is -2.00. The van der Waals surface area contributed by atoms with Gasteiger partial charge >= 0.3 is 0 Å². The molecule has 0 aliphatic carbocycles. The maximum Gasteiger partial charge on any atom is 0.136 e. The van der Waals surface area contributed by atoms with Crippen molar-refractivity contribution in [3.8, 4) is 16.8 Å². The summed E-state index contributed by atoms with van der Waals surface area (Å²) < 4.78 is 8.51. The van der Waals surface area contributed by atoms with E-state index in [2.05, 4.69) is 131 Å². The molecule has 1 N–H and O–H groups in total. The zero-order valence-electron chi connectivity index (χ0n) is 22.0. The minimum Gasteiger partial charge on any atom is -0.456 e. The van der Waals surface area contributed by atoms with Crippen LogP contribution in [0.25, 0.3) is 60.6 Å². The fourth-order valence-electron chi connectivity index (χ4n) is 6.41. The molecule has 0 amide bonds. The topological polar surface area (TPSA) is 30.1 Å². The summed E-state index contributed by atoms with van der Waals surface area (Å²) in [4.78, 5) is 1.26. The molecule has 0 saturated heterocycles. The third-order valence-electron chi connectivity index (χ3n) is 8.25. The SMILES string of the molecule is c1ccc(-n2c3ccccc3c3c(-c4ccc(C5Nc6ccc7oc8ccccc8c7c6S5)cc4)cccc32)cc1. The van der Waals surface area contributed by atoms with Crippen molar-refractivity contribution >= 4 is 61.2 Å². The van der Waals surface area contributed by atoms with E-state index < -0.39 is 0 Å². The van der Waals surface area contributed by atoms with E-state index >= 15 is 0 Å². The lowest BCUT2D eigenvalue weighted by molar-refractivity contribution is 0.668. The predicted octanol–water partition coefficient (Wildman–Crippen LogP) is 10.6. The fourth-order valence-corrected chi connectivity index (χ4v) is 7.71. The number of hydrogen-bond donors (Lipinski definition) is 1. The monoisotopic (exact) mass is 544 g/mol. The highest BCUT2D eigenvalue weighted by molar-refractivity contribution is 8.00. The van der Waals surface area contributed by atoms with Gasteiger partial charge in [-0.3, -0.25) is 0 Å². The van der Waals surface area contributed by atoms with E-state index in [9.17, 15) is 0 Å². The molecule has 1 aliphatic rings. The van der Waals surface area contributed by atoms with Crippen molar-refractivity contribution in [1.82, 2.24) is 4.57 Å². The van der Waals surface area contributed by atoms with E-state index in [1.54, 1.807) is 0 Å². The van der Waals surface area contributed by atoms with Gasteiger partial charge in [-0.1, -0.05) is 103 Å². The van der Waals surface area contributed by atoms with E-state index in [1.807, 2.05) is 23.9 Å². The lowest BCUT2D eigenvalue weighted by Gasteiger charge is -2.12. The minimum absolute atomic E-state index is 0.147. The van der Waals surface area contributed by atoms with E-state index in [1.165, 1.54) is 65.5 Å². The molecule has 194 valence electrons. The molecule has 1 aliphatic heterocycles. The summed E-state index contributed by atoms with van der Waals surface area (Å²) in [6, 6.07) is 47.6. The Kier molecular flexibility index (Phi) is 4.89. The molecule has 9 rings (SSSR count). The Labute approximate surface area is 241 Å². The first-order valence-electron chi connectivity index (χ1n) is 13.9. The molecule has 6 aromatic carbocycles. The molecule has 0 radical (unpaired) electrons. The molecule has 3 heterocycles. The Morgan fingerprint density at radius 1 is 0.585 bits per heavy atom. The standard InChI is InChI=1S/C37H24N2OS/c1-2-9-25(10-3-1)39-30-14-6-4-11-27(30)34-26(13-8-15-31(34)39)23-17-19-24(20-18-23)37-38-29-21-22-33-35(36(29)41-37)28-12-5-7-16-32(28)40-33/h1-22,37-38H. The lowest BCUT2D eigenvalue weighted by atomic mass is 9.98. The van der Waals surface area contributed by atoms with Crippen LogP contribution in [0.3, 0.4) is 0 Å². The Morgan fingerprint density at radius 3 is 2.22 bits per heavy atom. The third-order valence-corrected chi connectivity index (χ3v) is 9.54. The molecular weight excluding hydrogens is 520 g/mol. The third kappa shape index (κ3) is 3.41. The van der Waals surface area contributed by atoms with Gasteiger partial charge in [0.25, 0.3) is 0 Å². The van der Waals surface area contributed by atoms with Gasteiger partial charge in [0.1, 0.15) is 16.5 Å². The van der Waals surface area contributed by atoms with Crippen molar-refractivity contribution in [2.45, 2.75) is 10.3 Å². The zero-order chi connectivity index (χ0) is 26.9. The molecule has 41 heavy (non-hydrogen) atoms. The van der Waals surface area contributed by atoms with Gasteiger partial charge in [0.2, 0.25) is 0 Å². The highest BCUT2D eigenvalue weighted by Crippen LogP contribution is 2.52.